The number of rotatable bonds is 13. The van der Waals surface area contributed by atoms with Gasteiger partial charge in [0, 0.05) is 45.9 Å². The lowest BCUT2D eigenvalue weighted by atomic mass is 9.99. The Bertz CT molecular complexity index is 1970. The van der Waals surface area contributed by atoms with Crippen LogP contribution in [0.2, 0.25) is 5.02 Å². The Balaban J connectivity index is 1.52. The molecular weight excluding hydrogens is 717 g/mol. The molecule has 1 saturated carbocycles. The van der Waals surface area contributed by atoms with Gasteiger partial charge in [0.05, 0.1) is 31.9 Å². The molecule has 1 aliphatic carbocycles. The molecule has 1 spiro atoms. The quantitative estimate of drug-likeness (QED) is 0.157. The second-order valence-electron chi connectivity index (χ2n) is 12.3. The van der Waals surface area contributed by atoms with Crippen LogP contribution in [0.15, 0.2) is 59.8 Å². The first-order valence-electron chi connectivity index (χ1n) is 15.7. The summed E-state index contributed by atoms with van der Waals surface area (Å²) in [4.78, 5) is 33.9. The number of anilines is 2. The number of sulfonamides is 1. The zero-order valence-corrected chi connectivity index (χ0v) is 29.8. The van der Waals surface area contributed by atoms with Gasteiger partial charge in [0.2, 0.25) is 16.1 Å². The van der Waals surface area contributed by atoms with Crippen LogP contribution in [-0.2, 0) is 29.9 Å². The first kappa shape index (κ1) is 37.6. The largest absolute Gasteiger partial charge is 0.573 e. The number of nitrogens with zero attached hydrogens (tertiary/aromatic N) is 2. The second kappa shape index (κ2) is 14.5. The molecule has 3 aromatic rings. The van der Waals surface area contributed by atoms with Crippen molar-refractivity contribution in [1.29, 1.82) is 0 Å². The van der Waals surface area contributed by atoms with E-state index in [2.05, 4.69) is 15.2 Å². The van der Waals surface area contributed by atoms with Crippen LogP contribution in [0, 0.1) is 0 Å². The summed E-state index contributed by atoms with van der Waals surface area (Å²) < 4.78 is 79.8. The van der Waals surface area contributed by atoms with Gasteiger partial charge in [0.15, 0.2) is 0 Å². The summed E-state index contributed by atoms with van der Waals surface area (Å²) in [5.41, 5.74) is 2.23. The number of fused-ring (bicyclic) bond motifs is 2. The second-order valence-corrected chi connectivity index (χ2v) is 14.4. The van der Waals surface area contributed by atoms with Crippen LogP contribution < -0.4 is 29.1 Å². The van der Waals surface area contributed by atoms with Crippen molar-refractivity contribution in [1.82, 2.24) is 4.72 Å². The van der Waals surface area contributed by atoms with E-state index in [0.717, 1.165) is 24.7 Å². The normalized spacial score (nSPS) is 16.2. The molecule has 12 nitrogen and oxygen atoms in total. The van der Waals surface area contributed by atoms with E-state index in [1.54, 1.807) is 56.3 Å². The van der Waals surface area contributed by atoms with Gasteiger partial charge in [-0.25, -0.2) is 13.1 Å². The van der Waals surface area contributed by atoms with Crippen molar-refractivity contribution in [3.63, 3.8) is 0 Å². The topological polar surface area (TPSA) is 145 Å². The lowest BCUT2D eigenvalue weighted by Crippen LogP contribution is -2.38. The van der Waals surface area contributed by atoms with Crippen molar-refractivity contribution in [3.8, 4) is 17.2 Å². The molecule has 3 aromatic carbocycles. The van der Waals surface area contributed by atoms with E-state index >= 15 is 0 Å². The molecule has 1 aliphatic heterocycles. The fraction of sp³-hybridized carbons (Fsp3) is 0.382. The van der Waals surface area contributed by atoms with Crippen LogP contribution >= 0.6 is 11.6 Å². The first-order valence-corrected chi connectivity index (χ1v) is 18.0. The van der Waals surface area contributed by atoms with Crippen molar-refractivity contribution in [3.05, 3.63) is 76.3 Å². The number of carbonyl (C=O) groups is 2. The minimum atomic E-state index is -4.92. The number of benzene rings is 3. The molecule has 1 heterocycles. The Morgan fingerprint density at radius 1 is 1.04 bits per heavy atom. The van der Waals surface area contributed by atoms with Crippen LogP contribution in [-0.4, -0.2) is 65.4 Å². The minimum Gasteiger partial charge on any atom is -0.497 e. The summed E-state index contributed by atoms with van der Waals surface area (Å²) in [6.07, 6.45) is -3.62. The highest BCUT2D eigenvalue weighted by atomic mass is 35.5. The third-order valence-corrected chi connectivity index (χ3v) is 9.34. The summed E-state index contributed by atoms with van der Waals surface area (Å²) in [5.74, 6) is -1.16. The number of nitrogens with one attached hydrogen (secondary N) is 2. The van der Waals surface area contributed by atoms with Gasteiger partial charge in [0.25, 0.3) is 11.8 Å². The van der Waals surface area contributed by atoms with E-state index in [4.69, 9.17) is 25.9 Å². The lowest BCUT2D eigenvalue weighted by molar-refractivity contribution is -0.274. The van der Waals surface area contributed by atoms with Crippen molar-refractivity contribution < 1.29 is 50.2 Å². The summed E-state index contributed by atoms with van der Waals surface area (Å²) in [6.45, 7) is 3.48. The van der Waals surface area contributed by atoms with Gasteiger partial charge in [-0.2, -0.15) is 0 Å². The van der Waals surface area contributed by atoms with E-state index in [9.17, 15) is 31.2 Å². The maximum atomic E-state index is 14.7. The smallest absolute Gasteiger partial charge is 0.497 e. The van der Waals surface area contributed by atoms with Crippen LogP contribution in [0.3, 0.4) is 0 Å². The number of ether oxygens (including phenoxy) is 3. The van der Waals surface area contributed by atoms with Crippen LogP contribution in [0.4, 0.5) is 24.5 Å². The Kier molecular flexibility index (Phi) is 10.7. The predicted octanol–water partition coefficient (Wildman–Crippen LogP) is 6.08. The molecule has 51 heavy (non-hydrogen) atoms. The molecule has 0 aromatic heterocycles. The van der Waals surface area contributed by atoms with E-state index in [0.29, 0.717) is 33.3 Å². The van der Waals surface area contributed by atoms with E-state index < -0.39 is 46.1 Å². The molecular formula is C34H36ClF3N4O8S. The summed E-state index contributed by atoms with van der Waals surface area (Å²) >= 11 is 6.26. The lowest BCUT2D eigenvalue weighted by Gasteiger charge is -2.28. The average molecular weight is 753 g/mol. The van der Waals surface area contributed by atoms with Crippen molar-refractivity contribution in [2.75, 3.05) is 37.2 Å². The summed E-state index contributed by atoms with van der Waals surface area (Å²) in [5, 5.41) is 7.67. The number of alkyl halides is 3. The fourth-order valence-electron chi connectivity index (χ4n) is 5.91. The van der Waals surface area contributed by atoms with Crippen molar-refractivity contribution in [2.24, 2.45) is 5.16 Å². The first-order chi connectivity index (χ1) is 24.0. The molecule has 5 rings (SSSR count). The molecule has 0 saturated heterocycles. The molecule has 2 amide bonds. The Morgan fingerprint density at radius 3 is 2.37 bits per heavy atom. The maximum absolute atomic E-state index is 14.7. The van der Waals surface area contributed by atoms with Gasteiger partial charge in [-0.05, 0) is 62.1 Å². The Labute approximate surface area is 297 Å². The highest BCUT2D eigenvalue weighted by Gasteiger charge is 2.54. The van der Waals surface area contributed by atoms with Gasteiger partial charge < -0.3 is 29.3 Å². The zero-order valence-electron chi connectivity index (χ0n) is 28.3. The van der Waals surface area contributed by atoms with E-state index in [-0.39, 0.29) is 29.8 Å². The molecule has 0 bridgehead atoms. The number of amides is 2. The highest BCUT2D eigenvalue weighted by molar-refractivity contribution is 7.89. The van der Waals surface area contributed by atoms with E-state index in [1.807, 2.05) is 4.72 Å². The van der Waals surface area contributed by atoms with Gasteiger partial charge in [-0.15, -0.1) is 13.2 Å². The molecule has 2 N–H and O–H groups in total. The van der Waals surface area contributed by atoms with Crippen LogP contribution in [0.5, 0.6) is 17.2 Å². The summed E-state index contributed by atoms with van der Waals surface area (Å²) in [7, 11) is -0.957. The summed E-state index contributed by atoms with van der Waals surface area (Å²) in [6, 6.07) is 12.6. The monoisotopic (exact) mass is 752 g/mol. The SMILES string of the molecule is CCC(ON=C(C)c1cc(NC(C(=O)N2CC3(CC3)c3ccc(OC(F)(F)F)cc32)c2ccc(Cl)cc2OC)cc(OC)c1)C(=O)NS(C)(=O)=O. The van der Waals surface area contributed by atoms with Crippen molar-refractivity contribution >= 4 is 50.5 Å². The minimum absolute atomic E-state index is 0.126. The van der Waals surface area contributed by atoms with Gasteiger partial charge in [0.1, 0.15) is 23.3 Å². The molecule has 17 heteroatoms. The number of halogens is 4. The van der Waals surface area contributed by atoms with Gasteiger partial charge in [-0.3, -0.25) is 9.59 Å². The fourth-order valence-corrected chi connectivity index (χ4v) is 6.57. The molecule has 2 atom stereocenters. The van der Waals surface area contributed by atoms with E-state index in [1.165, 1.54) is 31.3 Å². The number of carbonyl (C=O) groups excluding carboxylic acids is 2. The molecule has 0 radical (unpaired) electrons. The van der Waals surface area contributed by atoms with Gasteiger partial charge >= 0.3 is 6.36 Å². The number of oxime groups is 1. The standard InChI is InChI=1S/C34H36ClF3N4O8S/c1-6-28(31(43)41-51(5,45)46)50-40-19(2)20-13-22(16-24(14-20)47-3)39-30(25-9-7-21(35)15-29(25)48-4)32(44)42-18-33(11-12-33)26-10-8-23(17-27(26)42)49-34(36,37)38/h7-10,13-17,28,30,39H,6,11-12,18H2,1-5H3,(H,41,43). The number of hydrogen-bond donors (Lipinski definition) is 2. The molecule has 2 unspecified atom stereocenters. The Hall–Kier alpha value is -4.70. The van der Waals surface area contributed by atoms with Crippen LogP contribution in [0.1, 0.15) is 55.8 Å². The third-order valence-electron chi connectivity index (χ3n) is 8.54. The predicted molar refractivity (Wildman–Crippen MR) is 184 cm³/mol. The van der Waals surface area contributed by atoms with Gasteiger partial charge in [-0.1, -0.05) is 35.8 Å². The van der Waals surface area contributed by atoms with Crippen molar-refractivity contribution in [2.45, 2.75) is 57.0 Å². The average Bonchev–Trinajstić information content (AvgIpc) is 3.77. The third kappa shape index (κ3) is 8.79. The highest BCUT2D eigenvalue weighted by Crippen LogP contribution is 2.57. The number of hydrogen-bond acceptors (Lipinski definition) is 10. The maximum Gasteiger partial charge on any atom is 0.573 e. The van der Waals surface area contributed by atoms with Crippen LogP contribution in [0.25, 0.3) is 0 Å². The molecule has 1 fully saturated rings. The zero-order chi connectivity index (χ0) is 37.3. The number of methoxy groups -OCH3 is 2. The molecule has 274 valence electrons. The molecule has 2 aliphatic rings. The Morgan fingerprint density at radius 2 is 1.76 bits per heavy atom.